The van der Waals surface area contributed by atoms with Crippen LogP contribution >= 0.6 is 0 Å². The summed E-state index contributed by atoms with van der Waals surface area (Å²) in [5, 5.41) is 6.35. The Balaban J connectivity index is 1.32. The van der Waals surface area contributed by atoms with Crippen molar-refractivity contribution in [2.45, 2.75) is 74.8 Å². The Morgan fingerprint density at radius 3 is 2.42 bits per heavy atom. The molecule has 3 aliphatic rings. The van der Waals surface area contributed by atoms with E-state index in [2.05, 4.69) is 25.6 Å². The van der Waals surface area contributed by atoms with Crippen LogP contribution < -0.4 is 10.6 Å². The standard InChI is InChI=1S/C28H27F4N5O/c29-17-1-3-22(30)20(11-17)19-7-10-33-24(15-5-8-28(31,32)9-6-15)25(19)37-27(38)16-13-34-26(35-14-16)21-12-18-2-4-23(21)36-18/h1,3,7,10-11,13-15,18,21,23,36H,2,4-6,8-9,12H2,(H,37,38). The van der Waals surface area contributed by atoms with Crippen LogP contribution in [0.4, 0.5) is 23.2 Å². The number of hydrogen-bond donors (Lipinski definition) is 2. The molecule has 0 radical (unpaired) electrons. The zero-order chi connectivity index (χ0) is 26.4. The largest absolute Gasteiger partial charge is 0.320 e. The Kier molecular flexibility index (Phi) is 6.37. The molecule has 0 spiro atoms. The van der Waals surface area contributed by atoms with E-state index in [1.807, 2.05) is 0 Å². The Morgan fingerprint density at radius 1 is 0.974 bits per heavy atom. The minimum Gasteiger partial charge on any atom is -0.320 e. The predicted octanol–water partition coefficient (Wildman–Crippen LogP) is 5.97. The molecule has 3 unspecified atom stereocenters. The van der Waals surface area contributed by atoms with Gasteiger partial charge in [-0.05, 0) is 56.4 Å². The van der Waals surface area contributed by atoms with Crippen LogP contribution in [0.25, 0.3) is 11.1 Å². The number of nitrogens with one attached hydrogen (secondary N) is 2. The monoisotopic (exact) mass is 525 g/mol. The average Bonchev–Trinajstić information content (AvgIpc) is 3.55. The van der Waals surface area contributed by atoms with Gasteiger partial charge in [-0.2, -0.15) is 0 Å². The summed E-state index contributed by atoms with van der Waals surface area (Å²) in [5.74, 6) is -4.09. The van der Waals surface area contributed by atoms with Crippen molar-refractivity contribution in [3.05, 3.63) is 71.6 Å². The fourth-order valence-electron chi connectivity index (χ4n) is 6.10. The summed E-state index contributed by atoms with van der Waals surface area (Å²) >= 11 is 0. The van der Waals surface area contributed by atoms with Gasteiger partial charge in [0.15, 0.2) is 0 Å². The van der Waals surface area contributed by atoms with Crippen LogP contribution in [0.1, 0.15) is 78.7 Å². The average molecular weight is 526 g/mol. The Bertz CT molecular complexity index is 1360. The minimum atomic E-state index is -2.75. The van der Waals surface area contributed by atoms with Gasteiger partial charge in [0, 0.05) is 66.5 Å². The number of hydrogen-bond acceptors (Lipinski definition) is 5. The summed E-state index contributed by atoms with van der Waals surface area (Å²) in [6.07, 6.45) is 7.26. The van der Waals surface area contributed by atoms with Crippen LogP contribution in [-0.2, 0) is 0 Å². The molecular weight excluding hydrogens is 498 g/mol. The lowest BCUT2D eigenvalue weighted by atomic mass is 9.83. The molecule has 1 saturated carbocycles. The van der Waals surface area contributed by atoms with Gasteiger partial charge in [-0.3, -0.25) is 9.78 Å². The van der Waals surface area contributed by atoms with Crippen molar-refractivity contribution in [3.63, 3.8) is 0 Å². The van der Waals surface area contributed by atoms with E-state index in [0.717, 1.165) is 37.5 Å². The van der Waals surface area contributed by atoms with Gasteiger partial charge in [0.2, 0.25) is 5.92 Å². The van der Waals surface area contributed by atoms with Gasteiger partial charge in [0.1, 0.15) is 17.5 Å². The molecule has 2 aliphatic heterocycles. The summed E-state index contributed by atoms with van der Waals surface area (Å²) in [5.41, 5.74) is 0.920. The minimum absolute atomic E-state index is 0.0551. The number of rotatable bonds is 5. The van der Waals surface area contributed by atoms with Gasteiger partial charge in [0.25, 0.3) is 5.91 Å². The number of halogens is 4. The second kappa shape index (κ2) is 9.72. The Morgan fingerprint density at radius 2 is 1.74 bits per heavy atom. The molecule has 1 aliphatic carbocycles. The predicted molar refractivity (Wildman–Crippen MR) is 133 cm³/mol. The van der Waals surface area contributed by atoms with E-state index in [1.165, 1.54) is 24.7 Å². The first-order valence-electron chi connectivity index (χ1n) is 13.0. The first-order chi connectivity index (χ1) is 18.3. The zero-order valence-electron chi connectivity index (χ0n) is 20.6. The Labute approximate surface area is 217 Å². The third kappa shape index (κ3) is 4.77. The van der Waals surface area contributed by atoms with E-state index < -0.39 is 23.5 Å². The molecule has 198 valence electrons. The van der Waals surface area contributed by atoms with Gasteiger partial charge < -0.3 is 10.6 Å². The van der Waals surface area contributed by atoms with E-state index in [9.17, 15) is 22.4 Å². The molecule has 6 rings (SSSR count). The van der Waals surface area contributed by atoms with E-state index >= 15 is 0 Å². The smallest absolute Gasteiger partial charge is 0.258 e. The van der Waals surface area contributed by atoms with Crippen LogP contribution in [0.5, 0.6) is 0 Å². The van der Waals surface area contributed by atoms with Crippen LogP contribution in [0.3, 0.4) is 0 Å². The fraction of sp³-hybridized carbons (Fsp3) is 0.429. The molecule has 2 bridgehead atoms. The van der Waals surface area contributed by atoms with Crippen molar-refractivity contribution in [2.24, 2.45) is 0 Å². The van der Waals surface area contributed by atoms with Gasteiger partial charge in [-0.1, -0.05) is 0 Å². The number of benzene rings is 1. The van der Waals surface area contributed by atoms with Gasteiger partial charge >= 0.3 is 0 Å². The van der Waals surface area contributed by atoms with E-state index in [4.69, 9.17) is 0 Å². The quantitative estimate of drug-likeness (QED) is 0.401. The highest BCUT2D eigenvalue weighted by atomic mass is 19.3. The highest BCUT2D eigenvalue weighted by molar-refractivity contribution is 6.06. The maximum absolute atomic E-state index is 14.8. The SMILES string of the molecule is O=C(Nc1c(-c2cc(F)ccc2F)ccnc1C1CCC(F)(F)CC1)c1cnc(C2CC3CCC2N3)nc1. The van der Waals surface area contributed by atoms with Crippen molar-refractivity contribution in [2.75, 3.05) is 5.32 Å². The topological polar surface area (TPSA) is 79.8 Å². The molecule has 1 amide bonds. The number of anilines is 1. The Hall–Kier alpha value is -3.40. The van der Waals surface area contributed by atoms with Crippen LogP contribution in [0.2, 0.25) is 0 Å². The van der Waals surface area contributed by atoms with Crippen molar-refractivity contribution in [1.82, 2.24) is 20.3 Å². The van der Waals surface area contributed by atoms with E-state index in [0.29, 0.717) is 23.6 Å². The number of alkyl halides is 2. The highest BCUT2D eigenvalue weighted by Crippen LogP contribution is 2.44. The van der Waals surface area contributed by atoms with Crippen molar-refractivity contribution >= 4 is 11.6 Å². The number of nitrogens with zero attached hydrogens (tertiary/aromatic N) is 3. The van der Waals surface area contributed by atoms with Crippen molar-refractivity contribution < 1.29 is 22.4 Å². The lowest BCUT2D eigenvalue weighted by Gasteiger charge is -2.29. The van der Waals surface area contributed by atoms with Gasteiger partial charge in [-0.15, -0.1) is 0 Å². The van der Waals surface area contributed by atoms with Crippen molar-refractivity contribution in [1.29, 1.82) is 0 Å². The lowest BCUT2D eigenvalue weighted by Crippen LogP contribution is -2.25. The number of fused-ring (bicyclic) bond motifs is 2. The number of pyridine rings is 1. The lowest BCUT2D eigenvalue weighted by molar-refractivity contribution is -0.0384. The van der Waals surface area contributed by atoms with Crippen LogP contribution in [0.15, 0.2) is 42.9 Å². The maximum Gasteiger partial charge on any atom is 0.258 e. The third-order valence-corrected chi connectivity index (χ3v) is 8.11. The van der Waals surface area contributed by atoms with E-state index in [1.54, 1.807) is 0 Å². The number of carbonyl (C=O) groups excluding carboxylic acids is 1. The molecular formula is C28H27F4N5O. The molecule has 3 atom stereocenters. The highest BCUT2D eigenvalue weighted by Gasteiger charge is 2.41. The first kappa shape index (κ1) is 24.9. The molecule has 2 N–H and O–H groups in total. The molecule has 3 fully saturated rings. The second-order valence-electron chi connectivity index (χ2n) is 10.5. The summed E-state index contributed by atoms with van der Waals surface area (Å²) in [6.45, 7) is 0. The summed E-state index contributed by atoms with van der Waals surface area (Å²) in [6, 6.07) is 5.38. The molecule has 1 aromatic carbocycles. The summed E-state index contributed by atoms with van der Waals surface area (Å²) < 4.78 is 56.6. The molecule has 10 heteroatoms. The third-order valence-electron chi connectivity index (χ3n) is 8.11. The molecule has 2 saturated heterocycles. The maximum atomic E-state index is 14.8. The molecule has 3 aromatic rings. The van der Waals surface area contributed by atoms with E-state index in [-0.39, 0.29) is 59.9 Å². The molecule has 2 aromatic heterocycles. The van der Waals surface area contributed by atoms with Crippen molar-refractivity contribution in [3.8, 4) is 11.1 Å². The molecule has 38 heavy (non-hydrogen) atoms. The molecule has 6 nitrogen and oxygen atoms in total. The second-order valence-corrected chi connectivity index (χ2v) is 10.5. The summed E-state index contributed by atoms with van der Waals surface area (Å²) in [7, 11) is 0. The zero-order valence-corrected chi connectivity index (χ0v) is 20.6. The number of aromatic nitrogens is 3. The van der Waals surface area contributed by atoms with Crippen LogP contribution in [-0.4, -0.2) is 38.9 Å². The number of carbonyl (C=O) groups is 1. The van der Waals surface area contributed by atoms with Gasteiger partial charge in [0.05, 0.1) is 16.9 Å². The fourth-order valence-corrected chi connectivity index (χ4v) is 6.10. The summed E-state index contributed by atoms with van der Waals surface area (Å²) in [4.78, 5) is 26.7. The normalized spacial score (nSPS) is 24.5. The van der Waals surface area contributed by atoms with Gasteiger partial charge in [-0.25, -0.2) is 27.5 Å². The first-order valence-corrected chi connectivity index (χ1v) is 13.0. The number of amides is 1. The van der Waals surface area contributed by atoms with Crippen LogP contribution in [0, 0.1) is 11.6 Å². The molecule has 4 heterocycles.